The lowest BCUT2D eigenvalue weighted by atomic mass is 10.1. The van der Waals surface area contributed by atoms with Crippen LogP contribution in [0.5, 0.6) is 0 Å². The van der Waals surface area contributed by atoms with Crippen LogP contribution in [0.25, 0.3) is 0 Å². The molecule has 1 aliphatic carbocycles. The maximum atomic E-state index is 11.1. The zero-order valence-corrected chi connectivity index (χ0v) is 11.4. The van der Waals surface area contributed by atoms with E-state index in [4.69, 9.17) is 4.74 Å². The monoisotopic (exact) mass is 278 g/mol. The predicted octanol–water partition coefficient (Wildman–Crippen LogP) is 2.27. The molecule has 0 bridgehead atoms. The van der Waals surface area contributed by atoms with Crippen molar-refractivity contribution in [2.24, 2.45) is 5.92 Å². The first kappa shape index (κ1) is 14.5. The van der Waals surface area contributed by atoms with Gasteiger partial charge in [0.15, 0.2) is 6.29 Å². The number of hydrogen-bond donors (Lipinski definition) is 0. The summed E-state index contributed by atoms with van der Waals surface area (Å²) in [4.78, 5) is 23.1. The quantitative estimate of drug-likeness (QED) is 0.316. The van der Waals surface area contributed by atoms with Gasteiger partial charge in [0, 0.05) is 43.6 Å². The molecule has 1 aromatic carbocycles. The molecular formula is C14H18N2O4. The molecule has 1 aromatic rings. The number of aldehydes is 1. The Morgan fingerprint density at radius 2 is 2.25 bits per heavy atom. The Hall–Kier alpha value is -1.95. The molecule has 1 aliphatic rings. The molecule has 2 rings (SSSR count). The largest absolute Gasteiger partial charge is 0.379 e. The summed E-state index contributed by atoms with van der Waals surface area (Å²) < 4.78 is 5.55. The number of benzene rings is 1. The molecule has 0 saturated heterocycles. The molecule has 1 fully saturated rings. The minimum absolute atomic E-state index is 0.0748. The topological polar surface area (TPSA) is 72.7 Å². The van der Waals surface area contributed by atoms with E-state index in [-0.39, 0.29) is 5.69 Å². The van der Waals surface area contributed by atoms with Crippen molar-refractivity contribution >= 4 is 17.7 Å². The van der Waals surface area contributed by atoms with E-state index in [1.807, 2.05) is 11.9 Å². The molecule has 1 saturated carbocycles. The van der Waals surface area contributed by atoms with Crippen molar-refractivity contribution in [2.45, 2.75) is 12.8 Å². The van der Waals surface area contributed by atoms with Crippen molar-refractivity contribution < 1.29 is 14.5 Å². The summed E-state index contributed by atoms with van der Waals surface area (Å²) >= 11 is 0. The minimum atomic E-state index is -0.504. The molecule has 6 nitrogen and oxygen atoms in total. The smallest absolute Gasteiger partial charge is 0.270 e. The Kier molecular flexibility index (Phi) is 4.68. The first-order valence-electron chi connectivity index (χ1n) is 6.64. The lowest BCUT2D eigenvalue weighted by Crippen LogP contribution is -2.24. The van der Waals surface area contributed by atoms with Crippen LogP contribution in [0, 0.1) is 16.0 Å². The first-order valence-corrected chi connectivity index (χ1v) is 6.64. The van der Waals surface area contributed by atoms with Crippen LogP contribution in [-0.4, -0.2) is 38.0 Å². The average Bonchev–Trinajstić information content (AvgIpc) is 3.26. The van der Waals surface area contributed by atoms with Crippen LogP contribution in [0.3, 0.4) is 0 Å². The summed E-state index contributed by atoms with van der Waals surface area (Å²) in [7, 11) is 1.84. The highest BCUT2D eigenvalue weighted by molar-refractivity contribution is 5.85. The van der Waals surface area contributed by atoms with Crippen molar-refractivity contribution in [3.63, 3.8) is 0 Å². The maximum absolute atomic E-state index is 11.1. The highest BCUT2D eigenvalue weighted by atomic mass is 16.6. The third-order valence-electron chi connectivity index (χ3n) is 3.38. The van der Waals surface area contributed by atoms with Gasteiger partial charge in [0.05, 0.1) is 11.5 Å². The Bertz CT molecular complexity index is 500. The first-order chi connectivity index (χ1) is 9.61. The van der Waals surface area contributed by atoms with Gasteiger partial charge in [-0.1, -0.05) is 0 Å². The lowest BCUT2D eigenvalue weighted by molar-refractivity contribution is -0.384. The summed E-state index contributed by atoms with van der Waals surface area (Å²) in [6, 6.07) is 4.30. The Labute approximate surface area is 117 Å². The highest BCUT2D eigenvalue weighted by Gasteiger charge is 2.21. The molecule has 108 valence electrons. The molecule has 0 amide bonds. The van der Waals surface area contributed by atoms with Crippen LogP contribution in [0.2, 0.25) is 0 Å². The van der Waals surface area contributed by atoms with Gasteiger partial charge in [-0.2, -0.15) is 0 Å². The van der Waals surface area contributed by atoms with Gasteiger partial charge in [0.25, 0.3) is 5.69 Å². The molecule has 0 radical (unpaired) electrons. The Morgan fingerprint density at radius 3 is 2.85 bits per heavy atom. The van der Waals surface area contributed by atoms with Gasteiger partial charge < -0.3 is 9.64 Å². The molecule has 6 heteroatoms. The maximum Gasteiger partial charge on any atom is 0.270 e. The van der Waals surface area contributed by atoms with Crippen LogP contribution in [0.15, 0.2) is 18.2 Å². The third-order valence-corrected chi connectivity index (χ3v) is 3.38. The van der Waals surface area contributed by atoms with Gasteiger partial charge in [-0.25, -0.2) is 0 Å². The Balaban J connectivity index is 1.94. The van der Waals surface area contributed by atoms with Crippen molar-refractivity contribution in [1.82, 2.24) is 0 Å². The number of nitro groups is 1. The van der Waals surface area contributed by atoms with E-state index in [0.717, 1.165) is 12.5 Å². The van der Waals surface area contributed by atoms with Gasteiger partial charge in [-0.3, -0.25) is 14.9 Å². The van der Waals surface area contributed by atoms with E-state index in [0.29, 0.717) is 30.7 Å². The number of carbonyl (C=O) groups excluding carboxylic acids is 1. The van der Waals surface area contributed by atoms with E-state index >= 15 is 0 Å². The summed E-state index contributed by atoms with van der Waals surface area (Å²) in [6.45, 7) is 2.03. The van der Waals surface area contributed by atoms with Crippen LogP contribution >= 0.6 is 0 Å². The average molecular weight is 278 g/mol. The fourth-order valence-corrected chi connectivity index (χ4v) is 1.95. The molecular weight excluding hydrogens is 260 g/mol. The van der Waals surface area contributed by atoms with Gasteiger partial charge in [0.1, 0.15) is 0 Å². The van der Waals surface area contributed by atoms with Crippen molar-refractivity contribution in [3.05, 3.63) is 33.9 Å². The zero-order valence-electron chi connectivity index (χ0n) is 11.4. The number of ether oxygens (including phenoxy) is 1. The fourth-order valence-electron chi connectivity index (χ4n) is 1.95. The number of likely N-dealkylation sites (N-methyl/N-ethyl adjacent to an activating group) is 1. The summed E-state index contributed by atoms with van der Waals surface area (Å²) in [5.41, 5.74) is 0.929. The van der Waals surface area contributed by atoms with E-state index in [2.05, 4.69) is 0 Å². The van der Waals surface area contributed by atoms with Crippen molar-refractivity contribution in [3.8, 4) is 0 Å². The van der Waals surface area contributed by atoms with Crippen LogP contribution in [0.4, 0.5) is 11.4 Å². The minimum Gasteiger partial charge on any atom is -0.379 e. The fraction of sp³-hybridized carbons (Fsp3) is 0.500. The van der Waals surface area contributed by atoms with Gasteiger partial charge in [0.2, 0.25) is 0 Å². The van der Waals surface area contributed by atoms with Crippen molar-refractivity contribution in [2.75, 3.05) is 31.7 Å². The number of hydrogen-bond acceptors (Lipinski definition) is 5. The van der Waals surface area contributed by atoms with Crippen LogP contribution < -0.4 is 4.90 Å². The molecule has 0 N–H and O–H groups in total. The lowest BCUT2D eigenvalue weighted by Gasteiger charge is -2.20. The van der Waals surface area contributed by atoms with Crippen molar-refractivity contribution in [1.29, 1.82) is 0 Å². The number of anilines is 1. The van der Waals surface area contributed by atoms with E-state index in [1.165, 1.54) is 25.0 Å². The summed E-state index contributed by atoms with van der Waals surface area (Å²) in [6.07, 6.45) is 3.16. The third kappa shape index (κ3) is 3.77. The van der Waals surface area contributed by atoms with Gasteiger partial charge in [-0.15, -0.1) is 0 Å². The molecule has 0 heterocycles. The van der Waals surface area contributed by atoms with Crippen LogP contribution in [-0.2, 0) is 4.74 Å². The van der Waals surface area contributed by atoms with E-state index in [9.17, 15) is 14.9 Å². The second-order valence-corrected chi connectivity index (χ2v) is 5.06. The molecule has 0 atom stereocenters. The SMILES string of the molecule is CN(CCOCC1CC1)c1ccc([N+](=O)[O-])cc1C=O. The molecule has 0 unspecified atom stereocenters. The number of nitro benzene ring substituents is 1. The normalized spacial score (nSPS) is 14.1. The molecule has 0 spiro atoms. The summed E-state index contributed by atoms with van der Waals surface area (Å²) in [5.74, 6) is 0.727. The van der Waals surface area contributed by atoms with Crippen LogP contribution in [0.1, 0.15) is 23.2 Å². The zero-order chi connectivity index (χ0) is 14.5. The number of non-ortho nitro benzene ring substituents is 1. The van der Waals surface area contributed by atoms with E-state index < -0.39 is 4.92 Å². The highest BCUT2D eigenvalue weighted by Crippen LogP contribution is 2.28. The standard InChI is InChI=1S/C14H18N2O4/c1-15(6-7-20-10-11-2-3-11)14-5-4-13(16(18)19)8-12(14)9-17/h4-5,8-9,11H,2-3,6-7,10H2,1H3. The molecule has 0 aliphatic heterocycles. The second-order valence-electron chi connectivity index (χ2n) is 5.06. The number of nitrogens with zero attached hydrogens (tertiary/aromatic N) is 2. The Morgan fingerprint density at radius 1 is 1.50 bits per heavy atom. The second kappa shape index (κ2) is 6.47. The van der Waals surface area contributed by atoms with Gasteiger partial charge in [-0.05, 0) is 24.8 Å². The van der Waals surface area contributed by atoms with E-state index in [1.54, 1.807) is 6.07 Å². The number of rotatable bonds is 8. The molecule has 20 heavy (non-hydrogen) atoms. The summed E-state index contributed by atoms with van der Waals surface area (Å²) in [5, 5.41) is 10.7. The molecule has 0 aromatic heterocycles. The van der Waals surface area contributed by atoms with Gasteiger partial charge >= 0.3 is 0 Å². The predicted molar refractivity (Wildman–Crippen MR) is 75.3 cm³/mol. The number of carbonyl (C=O) groups is 1.